The summed E-state index contributed by atoms with van der Waals surface area (Å²) in [5.41, 5.74) is 5.87. The molecular weight excluding hydrogens is 462 g/mol. The number of anilines is 1. The Labute approximate surface area is 191 Å². The molecule has 0 unspecified atom stereocenters. The van der Waals surface area contributed by atoms with Gasteiger partial charge < -0.3 is 4.90 Å². The zero-order chi connectivity index (χ0) is 21.0. The molecule has 2 aromatic rings. The van der Waals surface area contributed by atoms with Crippen LogP contribution in [0.4, 0.5) is 5.69 Å². The number of nitrogens with one attached hydrogen (secondary N) is 1. The van der Waals surface area contributed by atoms with Crippen LogP contribution in [-0.4, -0.2) is 25.2 Å². The van der Waals surface area contributed by atoms with E-state index >= 15 is 0 Å². The number of piperidine rings is 1. The van der Waals surface area contributed by atoms with E-state index < -0.39 is 0 Å². The van der Waals surface area contributed by atoms with E-state index in [0.29, 0.717) is 16.0 Å². The smallest absolute Gasteiger partial charge is 0.271 e. The Morgan fingerprint density at radius 2 is 1.73 bits per heavy atom. The molecule has 1 N–H and O–H groups in total. The van der Waals surface area contributed by atoms with Crippen LogP contribution in [0.15, 0.2) is 52.0 Å². The first kappa shape index (κ1) is 21.4. The normalized spacial score (nSPS) is 18.7. The van der Waals surface area contributed by atoms with Crippen LogP contribution in [0.5, 0.6) is 0 Å². The first-order valence-corrected chi connectivity index (χ1v) is 11.9. The molecule has 1 aliphatic carbocycles. The number of nitrogens with zero attached hydrogens (tertiary/aromatic N) is 2. The highest BCUT2D eigenvalue weighted by Gasteiger charge is 2.35. The maximum absolute atomic E-state index is 12.1. The van der Waals surface area contributed by atoms with E-state index in [9.17, 15) is 4.79 Å². The number of carbonyl (C=O) groups is 1. The van der Waals surface area contributed by atoms with Gasteiger partial charge in [-0.05, 0) is 67.5 Å². The fraction of sp³-hybridized carbons (Fsp3) is 0.417. The lowest BCUT2D eigenvalue weighted by Gasteiger charge is -2.45. The Morgan fingerprint density at radius 3 is 2.40 bits per heavy atom. The van der Waals surface area contributed by atoms with Gasteiger partial charge in [-0.15, -0.1) is 0 Å². The quantitative estimate of drug-likeness (QED) is 0.399. The summed E-state index contributed by atoms with van der Waals surface area (Å²) in [7, 11) is 0. The van der Waals surface area contributed by atoms with Crippen LogP contribution < -0.4 is 10.3 Å². The number of halogens is 2. The molecule has 1 spiro atoms. The number of hydrogen-bond donors (Lipinski definition) is 1. The summed E-state index contributed by atoms with van der Waals surface area (Å²) >= 11 is 9.51. The summed E-state index contributed by atoms with van der Waals surface area (Å²) in [5, 5.41) is 4.70. The van der Waals surface area contributed by atoms with Crippen molar-refractivity contribution in [3.05, 3.63) is 63.1 Å². The third-order valence-electron chi connectivity index (χ3n) is 6.56. The van der Waals surface area contributed by atoms with Crippen molar-refractivity contribution in [2.24, 2.45) is 10.5 Å². The van der Waals surface area contributed by atoms with Gasteiger partial charge in [0.2, 0.25) is 0 Å². The van der Waals surface area contributed by atoms with Crippen LogP contribution in [0.1, 0.15) is 60.9 Å². The molecule has 2 aromatic carbocycles. The average Bonchev–Trinajstić information content (AvgIpc) is 2.76. The molecule has 1 aliphatic heterocycles. The van der Waals surface area contributed by atoms with Crippen LogP contribution >= 0.6 is 27.5 Å². The van der Waals surface area contributed by atoms with Gasteiger partial charge >= 0.3 is 0 Å². The summed E-state index contributed by atoms with van der Waals surface area (Å²) in [6, 6.07) is 13.1. The van der Waals surface area contributed by atoms with Gasteiger partial charge in [0.15, 0.2) is 0 Å². The molecule has 1 saturated carbocycles. The molecule has 4 nitrogen and oxygen atoms in total. The second-order valence-electron chi connectivity index (χ2n) is 8.46. The summed E-state index contributed by atoms with van der Waals surface area (Å²) in [6.07, 6.45) is 11.4. The van der Waals surface area contributed by atoms with Crippen LogP contribution in [0.3, 0.4) is 0 Å². The van der Waals surface area contributed by atoms with Crippen molar-refractivity contribution in [3.63, 3.8) is 0 Å². The second-order valence-corrected chi connectivity index (χ2v) is 9.75. The molecule has 0 bridgehead atoms. The molecule has 158 valence electrons. The number of rotatable bonds is 4. The highest BCUT2D eigenvalue weighted by atomic mass is 79.9. The Hall–Kier alpha value is -1.85. The number of hydrazone groups is 1. The number of benzene rings is 2. The van der Waals surface area contributed by atoms with E-state index in [1.807, 2.05) is 6.07 Å². The highest BCUT2D eigenvalue weighted by Crippen LogP contribution is 2.45. The molecule has 6 heteroatoms. The third-order valence-corrected chi connectivity index (χ3v) is 7.50. The molecule has 4 rings (SSSR count). The monoisotopic (exact) mass is 487 g/mol. The van der Waals surface area contributed by atoms with E-state index in [1.54, 1.807) is 30.5 Å². The average molecular weight is 489 g/mol. The first-order chi connectivity index (χ1) is 14.5. The minimum Gasteiger partial charge on any atom is -0.371 e. The number of hydrogen-bond acceptors (Lipinski definition) is 3. The summed E-state index contributed by atoms with van der Waals surface area (Å²) in [4.78, 5) is 14.6. The predicted octanol–water partition coefficient (Wildman–Crippen LogP) is 6.42. The van der Waals surface area contributed by atoms with Crippen molar-refractivity contribution in [1.82, 2.24) is 5.43 Å². The summed E-state index contributed by atoms with van der Waals surface area (Å²) < 4.78 is 0.974. The van der Waals surface area contributed by atoms with Crippen LogP contribution in [0, 0.1) is 5.41 Å². The highest BCUT2D eigenvalue weighted by molar-refractivity contribution is 9.10. The lowest BCUT2D eigenvalue weighted by molar-refractivity contribution is 0.0955. The maximum Gasteiger partial charge on any atom is 0.271 e. The van der Waals surface area contributed by atoms with Gasteiger partial charge in [-0.2, -0.15) is 5.10 Å². The summed E-state index contributed by atoms with van der Waals surface area (Å²) in [6.45, 7) is 2.27. The van der Waals surface area contributed by atoms with Gasteiger partial charge in [0.05, 0.1) is 6.21 Å². The molecular formula is C24H27BrClN3O. The molecule has 1 heterocycles. The molecule has 1 amide bonds. The van der Waals surface area contributed by atoms with Crippen molar-refractivity contribution in [1.29, 1.82) is 0 Å². The van der Waals surface area contributed by atoms with Gasteiger partial charge in [0, 0.05) is 39.4 Å². The Balaban J connectivity index is 1.34. The molecule has 2 fully saturated rings. The van der Waals surface area contributed by atoms with Crippen molar-refractivity contribution < 1.29 is 4.79 Å². The van der Waals surface area contributed by atoms with E-state index in [2.05, 4.69) is 43.5 Å². The van der Waals surface area contributed by atoms with Crippen molar-refractivity contribution >= 4 is 45.3 Å². The molecule has 1 saturated heterocycles. The lowest BCUT2D eigenvalue weighted by atomic mass is 9.68. The lowest BCUT2D eigenvalue weighted by Crippen LogP contribution is -2.41. The number of carbonyl (C=O) groups excluding carboxylic acids is 1. The van der Waals surface area contributed by atoms with Crippen LogP contribution in [0.2, 0.25) is 5.02 Å². The first-order valence-electron chi connectivity index (χ1n) is 10.7. The van der Waals surface area contributed by atoms with Gasteiger partial charge in [-0.25, -0.2) is 5.43 Å². The molecule has 30 heavy (non-hydrogen) atoms. The molecule has 0 radical (unpaired) electrons. The fourth-order valence-electron chi connectivity index (χ4n) is 4.68. The standard InChI is InChI=1S/C24H27BrClN3O/c25-22-16-21(29-14-12-24(13-15-29)10-2-1-3-11-24)9-6-19(22)17-27-28-23(30)18-4-7-20(26)8-5-18/h4-9,16-17H,1-3,10-15H2,(H,28,30). The molecule has 0 aromatic heterocycles. The van der Waals surface area contributed by atoms with Gasteiger partial charge in [0.1, 0.15) is 0 Å². The third kappa shape index (κ3) is 5.06. The topological polar surface area (TPSA) is 44.7 Å². The Morgan fingerprint density at radius 1 is 1.03 bits per heavy atom. The minimum absolute atomic E-state index is 0.263. The van der Waals surface area contributed by atoms with Crippen molar-refractivity contribution in [2.75, 3.05) is 18.0 Å². The van der Waals surface area contributed by atoms with Gasteiger partial charge in [-0.3, -0.25) is 4.79 Å². The number of amides is 1. The van der Waals surface area contributed by atoms with Crippen LogP contribution in [0.25, 0.3) is 0 Å². The van der Waals surface area contributed by atoms with Crippen LogP contribution in [-0.2, 0) is 0 Å². The molecule has 0 atom stereocenters. The summed E-state index contributed by atoms with van der Waals surface area (Å²) in [5.74, 6) is -0.263. The Kier molecular flexibility index (Phi) is 6.79. The minimum atomic E-state index is -0.263. The SMILES string of the molecule is O=C(NN=Cc1ccc(N2CCC3(CCCCC3)CC2)cc1Br)c1ccc(Cl)cc1. The zero-order valence-electron chi connectivity index (χ0n) is 17.0. The second kappa shape index (κ2) is 9.52. The predicted molar refractivity (Wildman–Crippen MR) is 128 cm³/mol. The largest absolute Gasteiger partial charge is 0.371 e. The van der Waals surface area contributed by atoms with E-state index in [0.717, 1.165) is 23.1 Å². The fourth-order valence-corrected chi connectivity index (χ4v) is 5.28. The maximum atomic E-state index is 12.1. The molecule has 2 aliphatic rings. The van der Waals surface area contributed by atoms with E-state index in [1.165, 1.54) is 50.6 Å². The van der Waals surface area contributed by atoms with Gasteiger partial charge in [0.25, 0.3) is 5.91 Å². The van der Waals surface area contributed by atoms with E-state index in [4.69, 9.17) is 11.6 Å². The van der Waals surface area contributed by atoms with E-state index in [-0.39, 0.29) is 5.91 Å². The van der Waals surface area contributed by atoms with Crippen molar-refractivity contribution in [3.8, 4) is 0 Å². The Bertz CT molecular complexity index is 913. The zero-order valence-corrected chi connectivity index (χ0v) is 19.4. The van der Waals surface area contributed by atoms with Crippen molar-refractivity contribution in [2.45, 2.75) is 44.9 Å². The van der Waals surface area contributed by atoms with Gasteiger partial charge in [-0.1, -0.05) is 52.9 Å².